The first-order valence-electron chi connectivity index (χ1n) is 6.78. The molecule has 0 saturated heterocycles. The Kier molecular flexibility index (Phi) is 5.69. The number of amides is 1. The highest BCUT2D eigenvalue weighted by atomic mass is 32.2. The van der Waals surface area contributed by atoms with Crippen LogP contribution in [0.2, 0.25) is 0 Å². The van der Waals surface area contributed by atoms with E-state index >= 15 is 0 Å². The number of benzene rings is 2. The first-order valence-corrected chi connectivity index (χ1v) is 7.94. The van der Waals surface area contributed by atoms with Crippen LogP contribution in [0.4, 0.5) is 0 Å². The number of hydrogen-bond donors (Lipinski definition) is 1. The third kappa shape index (κ3) is 4.42. The summed E-state index contributed by atoms with van der Waals surface area (Å²) in [6.45, 7) is 2.58. The van der Waals surface area contributed by atoms with E-state index < -0.39 is 0 Å². The Balaban J connectivity index is 1.83. The second-order valence-electron chi connectivity index (χ2n) is 4.53. The lowest BCUT2D eigenvalue weighted by Gasteiger charge is -2.05. The molecule has 0 bridgehead atoms. The molecule has 20 heavy (non-hydrogen) atoms. The highest BCUT2D eigenvalue weighted by Crippen LogP contribution is 2.18. The van der Waals surface area contributed by atoms with Gasteiger partial charge >= 0.3 is 0 Å². The SMILES string of the molecule is CCNC(=O)c1ccc(CSCc2ccccc2)cc1. The van der Waals surface area contributed by atoms with Crippen molar-refractivity contribution < 1.29 is 4.79 Å². The van der Waals surface area contributed by atoms with Crippen LogP contribution in [0.1, 0.15) is 28.4 Å². The van der Waals surface area contributed by atoms with Gasteiger partial charge in [0.1, 0.15) is 0 Å². The van der Waals surface area contributed by atoms with Crippen molar-refractivity contribution in [2.75, 3.05) is 6.54 Å². The van der Waals surface area contributed by atoms with Gasteiger partial charge in [0.25, 0.3) is 5.91 Å². The summed E-state index contributed by atoms with van der Waals surface area (Å²) in [6, 6.07) is 18.3. The molecule has 1 amide bonds. The maximum absolute atomic E-state index is 11.6. The maximum Gasteiger partial charge on any atom is 0.251 e. The predicted octanol–water partition coefficient (Wildman–Crippen LogP) is 3.87. The van der Waals surface area contributed by atoms with E-state index in [0.717, 1.165) is 17.1 Å². The molecular weight excluding hydrogens is 266 g/mol. The summed E-state index contributed by atoms with van der Waals surface area (Å²) in [5.74, 6) is 1.97. The number of carbonyl (C=O) groups is 1. The molecule has 0 aromatic heterocycles. The third-order valence-electron chi connectivity index (χ3n) is 2.93. The van der Waals surface area contributed by atoms with Gasteiger partial charge < -0.3 is 5.32 Å². The van der Waals surface area contributed by atoms with Crippen molar-refractivity contribution in [3.63, 3.8) is 0 Å². The Morgan fingerprint density at radius 2 is 1.55 bits per heavy atom. The van der Waals surface area contributed by atoms with Crippen LogP contribution in [-0.2, 0) is 11.5 Å². The molecule has 2 rings (SSSR count). The Bertz CT molecular complexity index is 537. The first-order chi connectivity index (χ1) is 9.79. The van der Waals surface area contributed by atoms with Crippen molar-refractivity contribution in [2.45, 2.75) is 18.4 Å². The van der Waals surface area contributed by atoms with Crippen molar-refractivity contribution in [3.05, 3.63) is 71.3 Å². The van der Waals surface area contributed by atoms with Crippen LogP contribution in [0.5, 0.6) is 0 Å². The predicted molar refractivity (Wildman–Crippen MR) is 85.9 cm³/mol. The van der Waals surface area contributed by atoms with Crippen molar-refractivity contribution in [1.29, 1.82) is 0 Å². The van der Waals surface area contributed by atoms with Crippen molar-refractivity contribution in [3.8, 4) is 0 Å². The average Bonchev–Trinajstić information content (AvgIpc) is 2.49. The maximum atomic E-state index is 11.6. The number of carbonyl (C=O) groups excluding carboxylic acids is 1. The fourth-order valence-electron chi connectivity index (χ4n) is 1.88. The minimum Gasteiger partial charge on any atom is -0.352 e. The highest BCUT2D eigenvalue weighted by Gasteiger charge is 2.03. The van der Waals surface area contributed by atoms with E-state index in [-0.39, 0.29) is 5.91 Å². The summed E-state index contributed by atoms with van der Waals surface area (Å²) in [7, 11) is 0. The molecule has 1 N–H and O–H groups in total. The molecule has 0 saturated carbocycles. The molecule has 2 nitrogen and oxygen atoms in total. The van der Waals surface area contributed by atoms with E-state index in [2.05, 4.69) is 29.6 Å². The van der Waals surface area contributed by atoms with Gasteiger partial charge in [-0.3, -0.25) is 4.79 Å². The molecule has 3 heteroatoms. The lowest BCUT2D eigenvalue weighted by atomic mass is 10.1. The molecule has 0 aliphatic heterocycles. The monoisotopic (exact) mass is 285 g/mol. The van der Waals surface area contributed by atoms with E-state index in [1.165, 1.54) is 11.1 Å². The van der Waals surface area contributed by atoms with Crippen LogP contribution < -0.4 is 5.32 Å². The Morgan fingerprint density at radius 3 is 2.15 bits per heavy atom. The highest BCUT2D eigenvalue weighted by molar-refractivity contribution is 7.97. The minimum absolute atomic E-state index is 0.00371. The van der Waals surface area contributed by atoms with E-state index in [1.54, 1.807) is 0 Å². The van der Waals surface area contributed by atoms with Gasteiger partial charge in [-0.05, 0) is 30.2 Å². The molecule has 0 spiro atoms. The molecule has 104 valence electrons. The van der Waals surface area contributed by atoms with Gasteiger partial charge in [0, 0.05) is 23.6 Å². The van der Waals surface area contributed by atoms with Crippen molar-refractivity contribution >= 4 is 17.7 Å². The Morgan fingerprint density at radius 1 is 0.950 bits per heavy atom. The normalized spacial score (nSPS) is 10.2. The van der Waals surface area contributed by atoms with E-state index in [0.29, 0.717) is 6.54 Å². The summed E-state index contributed by atoms with van der Waals surface area (Å²) in [5.41, 5.74) is 3.32. The van der Waals surface area contributed by atoms with Gasteiger partial charge in [0.2, 0.25) is 0 Å². The van der Waals surface area contributed by atoms with Crippen LogP contribution in [0.15, 0.2) is 54.6 Å². The second kappa shape index (κ2) is 7.75. The van der Waals surface area contributed by atoms with Gasteiger partial charge in [-0.25, -0.2) is 0 Å². The van der Waals surface area contributed by atoms with Gasteiger partial charge in [-0.15, -0.1) is 0 Å². The molecular formula is C17H19NOS. The zero-order valence-corrected chi connectivity index (χ0v) is 12.5. The molecule has 2 aromatic carbocycles. The molecule has 0 aliphatic rings. The number of hydrogen-bond acceptors (Lipinski definition) is 2. The summed E-state index contributed by atoms with van der Waals surface area (Å²) < 4.78 is 0. The average molecular weight is 285 g/mol. The Hall–Kier alpha value is -1.74. The minimum atomic E-state index is -0.00371. The smallest absolute Gasteiger partial charge is 0.251 e. The lowest BCUT2D eigenvalue weighted by molar-refractivity contribution is 0.0956. The van der Waals surface area contributed by atoms with Crippen LogP contribution in [-0.4, -0.2) is 12.5 Å². The quantitative estimate of drug-likeness (QED) is 0.873. The van der Waals surface area contributed by atoms with Crippen LogP contribution in [0.3, 0.4) is 0 Å². The van der Waals surface area contributed by atoms with E-state index in [1.807, 2.05) is 49.0 Å². The zero-order valence-electron chi connectivity index (χ0n) is 11.6. The fourth-order valence-corrected chi connectivity index (χ4v) is 2.83. The first kappa shape index (κ1) is 14.7. The van der Waals surface area contributed by atoms with Gasteiger partial charge in [-0.1, -0.05) is 42.5 Å². The van der Waals surface area contributed by atoms with Crippen LogP contribution >= 0.6 is 11.8 Å². The summed E-state index contributed by atoms with van der Waals surface area (Å²) in [5, 5.41) is 2.80. The van der Waals surface area contributed by atoms with E-state index in [4.69, 9.17) is 0 Å². The standard InChI is InChI=1S/C17H19NOS/c1-2-18-17(19)16-10-8-15(9-11-16)13-20-12-14-6-4-3-5-7-14/h3-11H,2,12-13H2,1H3,(H,18,19). The molecule has 0 unspecified atom stereocenters. The molecule has 0 radical (unpaired) electrons. The van der Waals surface area contributed by atoms with Crippen LogP contribution in [0.25, 0.3) is 0 Å². The third-order valence-corrected chi connectivity index (χ3v) is 4.01. The van der Waals surface area contributed by atoms with Gasteiger partial charge in [0.05, 0.1) is 0 Å². The molecule has 2 aromatic rings. The summed E-state index contributed by atoms with van der Waals surface area (Å²) in [4.78, 5) is 11.6. The number of rotatable bonds is 6. The molecule has 0 heterocycles. The largest absolute Gasteiger partial charge is 0.352 e. The number of nitrogens with one attached hydrogen (secondary N) is 1. The van der Waals surface area contributed by atoms with Crippen molar-refractivity contribution in [2.24, 2.45) is 0 Å². The zero-order chi connectivity index (χ0) is 14.2. The molecule has 0 atom stereocenters. The van der Waals surface area contributed by atoms with Gasteiger partial charge in [-0.2, -0.15) is 11.8 Å². The van der Waals surface area contributed by atoms with Crippen molar-refractivity contribution in [1.82, 2.24) is 5.32 Å². The number of thioether (sulfide) groups is 1. The van der Waals surface area contributed by atoms with Gasteiger partial charge in [0.15, 0.2) is 0 Å². The second-order valence-corrected chi connectivity index (χ2v) is 5.52. The summed E-state index contributed by atoms with van der Waals surface area (Å²) >= 11 is 1.88. The summed E-state index contributed by atoms with van der Waals surface area (Å²) in [6.07, 6.45) is 0. The Labute approximate surface area is 124 Å². The van der Waals surface area contributed by atoms with Crippen LogP contribution in [0, 0.1) is 0 Å². The molecule has 0 fully saturated rings. The molecule has 0 aliphatic carbocycles. The fraction of sp³-hybridized carbons (Fsp3) is 0.235. The lowest BCUT2D eigenvalue weighted by Crippen LogP contribution is -2.22. The van der Waals surface area contributed by atoms with E-state index in [9.17, 15) is 4.79 Å². The topological polar surface area (TPSA) is 29.1 Å².